The first-order chi connectivity index (χ1) is 11.3. The van der Waals surface area contributed by atoms with E-state index in [-0.39, 0.29) is 20.9 Å². The summed E-state index contributed by atoms with van der Waals surface area (Å²) in [4.78, 5) is 12.4. The Morgan fingerprint density at radius 3 is 2.54 bits per heavy atom. The fraction of sp³-hybridized carbons (Fsp3) is 0.133. The molecule has 0 saturated carbocycles. The number of hydrogen-bond donors (Lipinski definition) is 0. The molecule has 0 aliphatic carbocycles. The lowest BCUT2D eigenvalue weighted by Crippen LogP contribution is -2.26. The van der Waals surface area contributed by atoms with Crippen LogP contribution in [-0.4, -0.2) is 15.0 Å². The standard InChI is InChI=1S/C15H8BrF4N3O/c16-10-5-6-11(17)13-12(10)14(24)23(22-21-13)7-8-3-1-2-4-9(8)15(18,19)20/h1-6H,7H2. The average Bonchev–Trinajstić information content (AvgIpc) is 2.52. The van der Waals surface area contributed by atoms with Crippen LogP contribution in [0.25, 0.3) is 10.9 Å². The van der Waals surface area contributed by atoms with Crippen molar-refractivity contribution in [3.8, 4) is 0 Å². The Morgan fingerprint density at radius 2 is 1.83 bits per heavy atom. The van der Waals surface area contributed by atoms with Crippen LogP contribution in [0.1, 0.15) is 11.1 Å². The van der Waals surface area contributed by atoms with Crippen LogP contribution in [0.15, 0.2) is 45.7 Å². The molecule has 0 saturated heterocycles. The van der Waals surface area contributed by atoms with Crippen LogP contribution in [0.5, 0.6) is 0 Å². The quantitative estimate of drug-likeness (QED) is 0.614. The van der Waals surface area contributed by atoms with Crippen LogP contribution in [0.4, 0.5) is 17.6 Å². The van der Waals surface area contributed by atoms with E-state index in [1.165, 1.54) is 24.3 Å². The molecule has 124 valence electrons. The van der Waals surface area contributed by atoms with Crippen molar-refractivity contribution >= 4 is 26.8 Å². The molecule has 0 aliphatic rings. The molecule has 4 nitrogen and oxygen atoms in total. The number of halogens is 5. The molecular formula is C15H8BrF4N3O. The molecule has 0 aliphatic heterocycles. The van der Waals surface area contributed by atoms with E-state index in [9.17, 15) is 22.4 Å². The minimum absolute atomic E-state index is 0.0745. The monoisotopic (exact) mass is 401 g/mol. The largest absolute Gasteiger partial charge is 0.416 e. The lowest BCUT2D eigenvalue weighted by Gasteiger charge is -2.13. The Hall–Kier alpha value is -2.29. The Balaban J connectivity index is 2.15. The Bertz CT molecular complexity index is 985. The number of aromatic nitrogens is 3. The summed E-state index contributed by atoms with van der Waals surface area (Å²) >= 11 is 3.12. The first-order valence-corrected chi connectivity index (χ1v) is 7.45. The van der Waals surface area contributed by atoms with Crippen molar-refractivity contribution in [2.45, 2.75) is 12.7 Å². The van der Waals surface area contributed by atoms with E-state index < -0.39 is 29.7 Å². The molecule has 3 rings (SSSR count). The van der Waals surface area contributed by atoms with Crippen LogP contribution >= 0.6 is 15.9 Å². The summed E-state index contributed by atoms with van der Waals surface area (Å²) in [5, 5.41) is 7.10. The molecule has 0 N–H and O–H groups in total. The van der Waals surface area contributed by atoms with Gasteiger partial charge in [0.1, 0.15) is 5.52 Å². The van der Waals surface area contributed by atoms with Gasteiger partial charge in [0.2, 0.25) is 0 Å². The number of fused-ring (bicyclic) bond motifs is 1. The van der Waals surface area contributed by atoms with E-state index >= 15 is 0 Å². The molecule has 0 unspecified atom stereocenters. The van der Waals surface area contributed by atoms with Crippen molar-refractivity contribution < 1.29 is 17.6 Å². The minimum Gasteiger partial charge on any atom is -0.267 e. The van der Waals surface area contributed by atoms with E-state index in [0.717, 1.165) is 16.8 Å². The molecule has 3 aromatic rings. The number of alkyl halides is 3. The Morgan fingerprint density at radius 1 is 1.12 bits per heavy atom. The molecule has 0 bridgehead atoms. The third-order valence-corrected chi connectivity index (χ3v) is 4.08. The van der Waals surface area contributed by atoms with Gasteiger partial charge in [0.15, 0.2) is 5.82 Å². The van der Waals surface area contributed by atoms with Gasteiger partial charge in [-0.1, -0.05) is 23.4 Å². The van der Waals surface area contributed by atoms with Crippen molar-refractivity contribution in [2.75, 3.05) is 0 Å². The van der Waals surface area contributed by atoms with Crippen molar-refractivity contribution in [2.24, 2.45) is 0 Å². The normalized spacial score (nSPS) is 11.9. The van der Waals surface area contributed by atoms with E-state index in [2.05, 4.69) is 26.2 Å². The molecule has 0 fully saturated rings. The van der Waals surface area contributed by atoms with Crippen molar-refractivity contribution in [3.63, 3.8) is 0 Å². The van der Waals surface area contributed by atoms with Gasteiger partial charge in [0.05, 0.1) is 17.5 Å². The SMILES string of the molecule is O=c1c2c(Br)ccc(F)c2nnn1Cc1ccccc1C(F)(F)F. The molecule has 0 amide bonds. The third-order valence-electron chi connectivity index (χ3n) is 3.42. The van der Waals surface area contributed by atoms with Gasteiger partial charge >= 0.3 is 6.18 Å². The zero-order valence-electron chi connectivity index (χ0n) is 11.8. The minimum atomic E-state index is -4.56. The number of hydrogen-bond acceptors (Lipinski definition) is 3. The highest BCUT2D eigenvalue weighted by atomic mass is 79.9. The molecule has 1 heterocycles. The fourth-order valence-electron chi connectivity index (χ4n) is 2.31. The van der Waals surface area contributed by atoms with Crippen LogP contribution in [0.2, 0.25) is 0 Å². The maximum Gasteiger partial charge on any atom is 0.416 e. The Labute approximate surface area is 140 Å². The van der Waals surface area contributed by atoms with Crippen LogP contribution in [0.3, 0.4) is 0 Å². The molecule has 9 heteroatoms. The third kappa shape index (κ3) is 2.91. The van der Waals surface area contributed by atoms with Gasteiger partial charge in [-0.05, 0) is 39.7 Å². The Kier molecular flexibility index (Phi) is 4.12. The molecule has 1 aromatic heterocycles. The lowest BCUT2D eigenvalue weighted by molar-refractivity contribution is -0.138. The molecule has 0 atom stereocenters. The maximum absolute atomic E-state index is 13.7. The van der Waals surface area contributed by atoms with Gasteiger partial charge in [-0.2, -0.15) is 13.2 Å². The topological polar surface area (TPSA) is 47.8 Å². The summed E-state index contributed by atoms with van der Waals surface area (Å²) in [7, 11) is 0. The smallest absolute Gasteiger partial charge is 0.267 e. The molecule has 0 radical (unpaired) electrons. The predicted octanol–water partition coefficient (Wildman–Crippen LogP) is 3.76. The zero-order valence-corrected chi connectivity index (χ0v) is 13.4. The first kappa shape index (κ1) is 16.6. The highest BCUT2D eigenvalue weighted by molar-refractivity contribution is 9.10. The van der Waals surface area contributed by atoms with E-state index in [0.29, 0.717) is 0 Å². The number of benzene rings is 2. The van der Waals surface area contributed by atoms with Gasteiger partial charge in [-0.15, -0.1) is 5.10 Å². The molecule has 2 aromatic carbocycles. The summed E-state index contributed by atoms with van der Waals surface area (Å²) in [5.41, 5.74) is -1.97. The summed E-state index contributed by atoms with van der Waals surface area (Å²) < 4.78 is 53.9. The van der Waals surface area contributed by atoms with Crippen LogP contribution in [-0.2, 0) is 12.7 Å². The fourth-order valence-corrected chi connectivity index (χ4v) is 2.80. The highest BCUT2D eigenvalue weighted by Crippen LogP contribution is 2.32. The van der Waals surface area contributed by atoms with Crippen molar-refractivity contribution in [1.29, 1.82) is 0 Å². The summed E-state index contributed by atoms with van der Waals surface area (Å²) in [6, 6.07) is 7.30. The first-order valence-electron chi connectivity index (χ1n) is 6.65. The lowest BCUT2D eigenvalue weighted by atomic mass is 10.1. The number of nitrogens with zero attached hydrogens (tertiary/aromatic N) is 3. The van der Waals surface area contributed by atoms with Crippen molar-refractivity contribution in [1.82, 2.24) is 15.0 Å². The molecule has 0 spiro atoms. The number of rotatable bonds is 2. The summed E-state index contributed by atoms with van der Waals surface area (Å²) in [5.74, 6) is -0.736. The van der Waals surface area contributed by atoms with Crippen LogP contribution < -0.4 is 5.56 Å². The second-order valence-electron chi connectivity index (χ2n) is 4.96. The maximum atomic E-state index is 13.7. The van der Waals surface area contributed by atoms with Gasteiger partial charge in [-0.3, -0.25) is 4.79 Å². The second-order valence-corrected chi connectivity index (χ2v) is 5.81. The van der Waals surface area contributed by atoms with Crippen LogP contribution in [0, 0.1) is 5.82 Å². The van der Waals surface area contributed by atoms with Gasteiger partial charge in [0.25, 0.3) is 5.56 Å². The van der Waals surface area contributed by atoms with E-state index in [4.69, 9.17) is 0 Å². The summed E-state index contributed by atoms with van der Waals surface area (Å²) in [6.07, 6.45) is -4.56. The van der Waals surface area contributed by atoms with Crippen molar-refractivity contribution in [3.05, 3.63) is 68.2 Å². The second kappa shape index (κ2) is 5.97. The van der Waals surface area contributed by atoms with Gasteiger partial charge in [-0.25, -0.2) is 9.07 Å². The summed E-state index contributed by atoms with van der Waals surface area (Å²) in [6.45, 7) is -0.430. The predicted molar refractivity (Wildman–Crippen MR) is 82.0 cm³/mol. The highest BCUT2D eigenvalue weighted by Gasteiger charge is 2.33. The molecule has 24 heavy (non-hydrogen) atoms. The zero-order chi connectivity index (χ0) is 17.5. The van der Waals surface area contributed by atoms with Gasteiger partial charge < -0.3 is 0 Å². The van der Waals surface area contributed by atoms with Gasteiger partial charge in [0, 0.05) is 4.47 Å². The van der Waals surface area contributed by atoms with E-state index in [1.54, 1.807) is 0 Å². The molecular weight excluding hydrogens is 394 g/mol. The average molecular weight is 402 g/mol. The van der Waals surface area contributed by atoms with E-state index in [1.807, 2.05) is 0 Å².